The number of carbonyl (C=O) groups is 1. The fraction of sp³-hybridized carbons (Fsp3) is 0.222. The molecule has 0 aliphatic carbocycles. The molecule has 14 heavy (non-hydrogen) atoms. The Morgan fingerprint density at radius 3 is 2.79 bits per heavy atom. The summed E-state index contributed by atoms with van der Waals surface area (Å²) in [6.45, 7) is 0.0817. The molecule has 1 aromatic rings. The van der Waals surface area contributed by atoms with Crippen molar-refractivity contribution in [1.82, 2.24) is 0 Å². The summed E-state index contributed by atoms with van der Waals surface area (Å²) >= 11 is 0. The van der Waals surface area contributed by atoms with E-state index >= 15 is 0 Å². The van der Waals surface area contributed by atoms with Gasteiger partial charge in [-0.2, -0.15) is 0 Å². The second-order valence-electron chi connectivity index (χ2n) is 2.69. The number of nitrogens with two attached hydrogens (primary N) is 2. The lowest BCUT2D eigenvalue weighted by molar-refractivity contribution is 0.100. The van der Waals surface area contributed by atoms with Crippen LogP contribution in [0.3, 0.4) is 0 Å². The van der Waals surface area contributed by atoms with Crippen LogP contribution in [0, 0.1) is 0 Å². The summed E-state index contributed by atoms with van der Waals surface area (Å²) in [7, 11) is 0. The van der Waals surface area contributed by atoms with Gasteiger partial charge in [0.15, 0.2) is 0 Å². The zero-order chi connectivity index (χ0) is 10.6. The average Bonchev–Trinajstić information content (AvgIpc) is 2.16. The number of carbonyl (C=O) groups excluding carboxylic acids is 1. The summed E-state index contributed by atoms with van der Waals surface area (Å²) in [5, 5.41) is 8.52. The van der Waals surface area contributed by atoms with E-state index in [9.17, 15) is 4.79 Å². The quantitative estimate of drug-likeness (QED) is 0.578. The zero-order valence-corrected chi connectivity index (χ0v) is 7.56. The standard InChI is InChI=1S/C9H12N2O3/c10-8-2-1-6(14-4-3-12)5-7(8)9(11)13/h1-2,5,12H,3-4,10H2,(H2,11,13). The van der Waals surface area contributed by atoms with E-state index in [0.29, 0.717) is 11.4 Å². The van der Waals surface area contributed by atoms with E-state index in [1.165, 1.54) is 12.1 Å². The molecule has 5 nitrogen and oxygen atoms in total. The topological polar surface area (TPSA) is 98.6 Å². The van der Waals surface area contributed by atoms with E-state index in [-0.39, 0.29) is 18.8 Å². The van der Waals surface area contributed by atoms with Gasteiger partial charge in [0, 0.05) is 5.69 Å². The molecule has 0 unspecified atom stereocenters. The Bertz CT molecular complexity index is 339. The summed E-state index contributed by atoms with van der Waals surface area (Å²) in [4.78, 5) is 10.9. The summed E-state index contributed by atoms with van der Waals surface area (Å²) in [5.41, 5.74) is 11.1. The molecule has 5 N–H and O–H groups in total. The van der Waals surface area contributed by atoms with E-state index in [4.69, 9.17) is 21.3 Å². The number of benzene rings is 1. The molecule has 5 heteroatoms. The van der Waals surface area contributed by atoms with Gasteiger partial charge in [0.05, 0.1) is 12.2 Å². The van der Waals surface area contributed by atoms with E-state index in [2.05, 4.69) is 0 Å². The van der Waals surface area contributed by atoms with Crippen molar-refractivity contribution < 1.29 is 14.6 Å². The SMILES string of the molecule is NC(=O)c1cc(OCCO)ccc1N. The summed E-state index contributed by atoms with van der Waals surface area (Å²) in [5.74, 6) is -0.140. The minimum absolute atomic E-state index is 0.0870. The minimum Gasteiger partial charge on any atom is -0.491 e. The smallest absolute Gasteiger partial charge is 0.250 e. The van der Waals surface area contributed by atoms with Gasteiger partial charge in [-0.3, -0.25) is 4.79 Å². The summed E-state index contributed by atoms with van der Waals surface area (Å²) < 4.78 is 5.09. The number of aliphatic hydroxyl groups excluding tert-OH is 1. The first-order valence-corrected chi connectivity index (χ1v) is 4.08. The first-order valence-electron chi connectivity index (χ1n) is 4.08. The predicted octanol–water partition coefficient (Wildman–Crippen LogP) is -0.261. The molecule has 0 aliphatic heterocycles. The summed E-state index contributed by atoms with van der Waals surface area (Å²) in [6, 6.07) is 4.59. The highest BCUT2D eigenvalue weighted by atomic mass is 16.5. The molecule has 0 aromatic heterocycles. The maximum Gasteiger partial charge on any atom is 0.250 e. The number of rotatable bonds is 4. The van der Waals surface area contributed by atoms with Crippen molar-refractivity contribution >= 4 is 11.6 Å². The molecule has 0 aliphatic rings. The van der Waals surface area contributed by atoms with Crippen LogP contribution in [0.15, 0.2) is 18.2 Å². The minimum atomic E-state index is -0.600. The normalized spacial score (nSPS) is 9.79. The fourth-order valence-corrected chi connectivity index (χ4v) is 1.00. The van der Waals surface area contributed by atoms with E-state index in [0.717, 1.165) is 0 Å². The lowest BCUT2D eigenvalue weighted by Crippen LogP contribution is -2.13. The monoisotopic (exact) mass is 196 g/mol. The number of aliphatic hydroxyl groups is 1. The number of hydrogen-bond acceptors (Lipinski definition) is 4. The van der Waals surface area contributed by atoms with Crippen molar-refractivity contribution in [2.24, 2.45) is 5.73 Å². The van der Waals surface area contributed by atoms with Crippen LogP contribution in [0.4, 0.5) is 5.69 Å². The third-order valence-electron chi connectivity index (χ3n) is 1.65. The third-order valence-corrected chi connectivity index (χ3v) is 1.65. The van der Waals surface area contributed by atoms with Crippen molar-refractivity contribution in [3.8, 4) is 5.75 Å². The lowest BCUT2D eigenvalue weighted by Gasteiger charge is -2.06. The number of primary amides is 1. The Morgan fingerprint density at radius 1 is 1.50 bits per heavy atom. The largest absolute Gasteiger partial charge is 0.491 e. The Morgan fingerprint density at radius 2 is 2.21 bits per heavy atom. The van der Waals surface area contributed by atoms with Crippen molar-refractivity contribution in [3.05, 3.63) is 23.8 Å². The number of hydrogen-bond donors (Lipinski definition) is 3. The Balaban J connectivity index is 2.89. The summed E-state index contributed by atoms with van der Waals surface area (Å²) in [6.07, 6.45) is 0. The second kappa shape index (κ2) is 4.48. The molecule has 1 rings (SSSR count). The van der Waals surface area contributed by atoms with Gasteiger partial charge >= 0.3 is 0 Å². The molecule has 0 heterocycles. The van der Waals surface area contributed by atoms with Crippen LogP contribution in [0.25, 0.3) is 0 Å². The van der Waals surface area contributed by atoms with Crippen molar-refractivity contribution in [1.29, 1.82) is 0 Å². The van der Waals surface area contributed by atoms with Gasteiger partial charge in [0.2, 0.25) is 0 Å². The van der Waals surface area contributed by atoms with E-state index < -0.39 is 5.91 Å². The number of anilines is 1. The molecule has 0 spiro atoms. The van der Waals surface area contributed by atoms with Gasteiger partial charge in [-0.25, -0.2) is 0 Å². The third kappa shape index (κ3) is 2.37. The zero-order valence-electron chi connectivity index (χ0n) is 7.56. The van der Waals surface area contributed by atoms with Gasteiger partial charge in [-0.05, 0) is 18.2 Å². The molecule has 0 fully saturated rings. The van der Waals surface area contributed by atoms with Crippen LogP contribution in [0.5, 0.6) is 5.75 Å². The predicted molar refractivity (Wildman–Crippen MR) is 52.0 cm³/mol. The second-order valence-corrected chi connectivity index (χ2v) is 2.69. The lowest BCUT2D eigenvalue weighted by atomic mass is 10.1. The first kappa shape index (κ1) is 10.3. The molecule has 1 aromatic carbocycles. The number of nitrogen functional groups attached to an aromatic ring is 1. The molecular formula is C9H12N2O3. The maximum absolute atomic E-state index is 10.9. The van der Waals surface area contributed by atoms with Crippen LogP contribution in [0.2, 0.25) is 0 Å². The molecule has 0 atom stereocenters. The van der Waals surface area contributed by atoms with Gasteiger partial charge in [0.25, 0.3) is 5.91 Å². The first-order chi connectivity index (χ1) is 6.65. The van der Waals surface area contributed by atoms with Crippen molar-refractivity contribution in [2.75, 3.05) is 18.9 Å². The van der Waals surface area contributed by atoms with Gasteiger partial charge in [-0.15, -0.1) is 0 Å². The molecule has 0 saturated carbocycles. The molecular weight excluding hydrogens is 184 g/mol. The highest BCUT2D eigenvalue weighted by Crippen LogP contribution is 2.18. The van der Waals surface area contributed by atoms with Gasteiger partial charge in [-0.1, -0.05) is 0 Å². The van der Waals surface area contributed by atoms with Gasteiger partial charge in [0.1, 0.15) is 12.4 Å². The number of amides is 1. The van der Waals surface area contributed by atoms with Gasteiger partial charge < -0.3 is 21.3 Å². The Labute approximate surface area is 81.3 Å². The van der Waals surface area contributed by atoms with Crippen LogP contribution in [0.1, 0.15) is 10.4 Å². The van der Waals surface area contributed by atoms with Crippen LogP contribution >= 0.6 is 0 Å². The van der Waals surface area contributed by atoms with Crippen LogP contribution in [-0.4, -0.2) is 24.2 Å². The van der Waals surface area contributed by atoms with E-state index in [1.54, 1.807) is 6.07 Å². The molecule has 0 saturated heterocycles. The molecule has 1 amide bonds. The molecule has 76 valence electrons. The van der Waals surface area contributed by atoms with E-state index in [1.807, 2.05) is 0 Å². The van der Waals surface area contributed by atoms with Crippen molar-refractivity contribution in [2.45, 2.75) is 0 Å². The van der Waals surface area contributed by atoms with Crippen LogP contribution < -0.4 is 16.2 Å². The molecule has 0 radical (unpaired) electrons. The molecule has 0 bridgehead atoms. The number of ether oxygens (including phenoxy) is 1. The maximum atomic E-state index is 10.9. The highest BCUT2D eigenvalue weighted by molar-refractivity contribution is 5.98. The Kier molecular flexibility index (Phi) is 3.30. The van der Waals surface area contributed by atoms with Crippen LogP contribution in [-0.2, 0) is 0 Å². The Hall–Kier alpha value is -1.75. The highest BCUT2D eigenvalue weighted by Gasteiger charge is 2.06. The van der Waals surface area contributed by atoms with Crippen molar-refractivity contribution in [3.63, 3.8) is 0 Å². The fourth-order valence-electron chi connectivity index (χ4n) is 1.00. The average molecular weight is 196 g/mol.